The van der Waals surface area contributed by atoms with E-state index in [0.717, 1.165) is 33.7 Å². The van der Waals surface area contributed by atoms with Crippen molar-refractivity contribution in [1.29, 1.82) is 0 Å². The summed E-state index contributed by atoms with van der Waals surface area (Å²) in [7, 11) is -4.69. The van der Waals surface area contributed by atoms with E-state index in [1.807, 2.05) is 6.07 Å². The van der Waals surface area contributed by atoms with E-state index in [0.29, 0.717) is 42.9 Å². The average molecular weight is 661 g/mol. The fourth-order valence-electron chi connectivity index (χ4n) is 4.50. The lowest BCUT2D eigenvalue weighted by Crippen LogP contribution is -2.17. The summed E-state index contributed by atoms with van der Waals surface area (Å²) >= 11 is 2.49. The second-order valence-corrected chi connectivity index (χ2v) is 12.8. The van der Waals surface area contributed by atoms with Gasteiger partial charge in [0, 0.05) is 16.8 Å². The Hall–Kier alpha value is -4.28. The number of halogens is 4. The number of rotatable bonds is 5. The number of quaternary nitrogens is 1. The fourth-order valence-corrected chi connectivity index (χ4v) is 7.79. The lowest BCUT2D eigenvalue weighted by molar-refractivity contribution is -0.140. The molecule has 1 amide bonds. The predicted octanol–water partition coefficient (Wildman–Crippen LogP) is 8.24. The summed E-state index contributed by atoms with van der Waals surface area (Å²) < 4.78 is 90.1. The average Bonchev–Trinajstić information content (AvgIpc) is 3.56. The van der Waals surface area contributed by atoms with E-state index in [9.17, 15) is 35.3 Å². The monoisotopic (exact) mass is 660 g/mol. The van der Waals surface area contributed by atoms with Gasteiger partial charge in [-0.1, -0.05) is 12.1 Å². The summed E-state index contributed by atoms with van der Waals surface area (Å²) in [4.78, 5) is 21.4. The van der Waals surface area contributed by atoms with E-state index in [-0.39, 0.29) is 16.7 Å². The van der Waals surface area contributed by atoms with E-state index < -0.39 is 39.1 Å². The highest BCUT2D eigenvalue weighted by molar-refractivity contribution is 7.86. The fraction of sp³-hybridized carbons (Fsp3) is 0.0690. The van der Waals surface area contributed by atoms with Crippen molar-refractivity contribution in [2.75, 3.05) is 5.32 Å². The molecule has 0 unspecified atom stereocenters. The van der Waals surface area contributed by atoms with Gasteiger partial charge in [-0.25, -0.2) is 22.8 Å². The molecule has 5 N–H and O–H groups in total. The van der Waals surface area contributed by atoms with Crippen LogP contribution in [0, 0.1) is 12.7 Å². The van der Waals surface area contributed by atoms with Crippen molar-refractivity contribution >= 4 is 64.8 Å². The van der Waals surface area contributed by atoms with Crippen LogP contribution < -0.4 is 11.5 Å². The SMILES string of the molecule is Cc1ccc2nc(-c3ccc4nc(-c5ccc(NC(=O)c6cccc(C(F)(F)F)c6F)cc5)sc4c3)sc2c1S(=O)(=O)[O-].[NH4+]. The number of alkyl halides is 3. The third kappa shape index (κ3) is 5.79. The van der Waals surface area contributed by atoms with Crippen molar-refractivity contribution in [3.8, 4) is 21.1 Å². The van der Waals surface area contributed by atoms with E-state index in [4.69, 9.17) is 0 Å². The minimum atomic E-state index is -4.93. The van der Waals surface area contributed by atoms with Crippen molar-refractivity contribution in [3.05, 3.63) is 95.3 Å². The summed E-state index contributed by atoms with van der Waals surface area (Å²) in [6, 6.07) is 17.6. The van der Waals surface area contributed by atoms with E-state index in [1.54, 1.807) is 43.3 Å². The van der Waals surface area contributed by atoms with Gasteiger partial charge in [-0.05, 0) is 73.2 Å². The zero-order valence-corrected chi connectivity index (χ0v) is 25.1. The molecule has 6 rings (SSSR count). The molecule has 0 spiro atoms. The van der Waals surface area contributed by atoms with Gasteiger partial charge in [-0.15, -0.1) is 22.7 Å². The van der Waals surface area contributed by atoms with Crippen LogP contribution in [0.2, 0.25) is 0 Å². The van der Waals surface area contributed by atoms with Crippen LogP contribution in [0.1, 0.15) is 21.5 Å². The van der Waals surface area contributed by atoms with Gasteiger partial charge in [-0.3, -0.25) is 4.79 Å². The van der Waals surface area contributed by atoms with Gasteiger partial charge in [0.2, 0.25) is 0 Å². The molecule has 0 atom stereocenters. The minimum Gasteiger partial charge on any atom is -0.744 e. The Morgan fingerprint density at radius 1 is 0.886 bits per heavy atom. The highest BCUT2D eigenvalue weighted by Crippen LogP contribution is 2.39. The molecule has 0 aliphatic rings. The van der Waals surface area contributed by atoms with Gasteiger partial charge in [0.1, 0.15) is 26.0 Å². The maximum atomic E-state index is 14.4. The van der Waals surface area contributed by atoms with Crippen molar-refractivity contribution in [2.45, 2.75) is 18.0 Å². The maximum Gasteiger partial charge on any atom is 0.419 e. The molecule has 44 heavy (non-hydrogen) atoms. The first kappa shape index (κ1) is 31.2. The van der Waals surface area contributed by atoms with Crippen LogP contribution in [0.15, 0.2) is 77.7 Å². The topological polar surface area (TPSA) is 149 Å². The number of fused-ring (bicyclic) bond motifs is 2. The molecular weight excluding hydrogens is 641 g/mol. The minimum absolute atomic E-state index is 0. The van der Waals surface area contributed by atoms with Crippen LogP contribution in [0.25, 0.3) is 41.6 Å². The molecule has 0 fully saturated rings. The van der Waals surface area contributed by atoms with Gasteiger partial charge < -0.3 is 16.0 Å². The molecule has 0 saturated heterocycles. The van der Waals surface area contributed by atoms with Crippen molar-refractivity contribution in [3.63, 3.8) is 0 Å². The molecule has 4 aromatic carbocycles. The molecule has 0 aliphatic heterocycles. The Kier molecular flexibility index (Phi) is 8.02. The standard InChI is InChI=1S/C29H17F4N3O4S3.H3N/c1-14-5-11-21-24(25(14)43(38,39)40)42-28(36-21)16-8-12-20-22(13-16)41-27(35-20)15-6-9-17(10-7-15)34-26(37)18-3-2-4-19(23(18)30)29(31,32)33;/h2-13H,1H3,(H,34,37)(H,38,39,40);1H3. The van der Waals surface area contributed by atoms with E-state index in [2.05, 4.69) is 15.3 Å². The van der Waals surface area contributed by atoms with E-state index in [1.165, 1.54) is 23.5 Å². The summed E-state index contributed by atoms with van der Waals surface area (Å²) in [6.07, 6.45) is -4.93. The second kappa shape index (κ2) is 11.3. The van der Waals surface area contributed by atoms with Crippen LogP contribution in [-0.2, 0) is 16.3 Å². The Labute approximate surface area is 255 Å². The first-order valence-corrected chi connectivity index (χ1v) is 15.4. The molecule has 6 aromatic rings. The molecule has 15 heteroatoms. The number of hydrogen-bond donors (Lipinski definition) is 2. The van der Waals surface area contributed by atoms with Crippen molar-refractivity contribution in [1.82, 2.24) is 16.1 Å². The Morgan fingerprint density at radius 2 is 1.52 bits per heavy atom. The molecule has 2 aromatic heterocycles. The molecule has 2 heterocycles. The molecule has 226 valence electrons. The summed E-state index contributed by atoms with van der Waals surface area (Å²) in [5.41, 5.74) is 0.882. The van der Waals surface area contributed by atoms with Crippen LogP contribution in [0.3, 0.4) is 0 Å². The van der Waals surface area contributed by atoms with E-state index >= 15 is 0 Å². The van der Waals surface area contributed by atoms with Crippen LogP contribution in [0.4, 0.5) is 23.2 Å². The molecule has 8 nitrogen and oxygen atoms in total. The second-order valence-electron chi connectivity index (χ2n) is 9.43. The zero-order valence-electron chi connectivity index (χ0n) is 22.7. The van der Waals surface area contributed by atoms with Crippen LogP contribution >= 0.6 is 22.7 Å². The smallest absolute Gasteiger partial charge is 0.419 e. The van der Waals surface area contributed by atoms with Crippen molar-refractivity contribution in [2.24, 2.45) is 0 Å². The lowest BCUT2D eigenvalue weighted by atomic mass is 10.1. The summed E-state index contributed by atoms with van der Waals surface area (Å²) in [5.74, 6) is -2.66. The molecule has 0 radical (unpaired) electrons. The maximum absolute atomic E-state index is 14.4. The third-order valence-corrected chi connectivity index (χ3v) is 9.89. The first-order chi connectivity index (χ1) is 20.3. The number of carbonyl (C=O) groups excluding carboxylic acids is 1. The highest BCUT2D eigenvalue weighted by atomic mass is 32.2. The number of thiazole rings is 2. The number of carbonyl (C=O) groups is 1. The third-order valence-electron chi connectivity index (χ3n) is 6.53. The van der Waals surface area contributed by atoms with Crippen LogP contribution in [-0.4, -0.2) is 28.8 Å². The van der Waals surface area contributed by atoms with Gasteiger partial charge >= 0.3 is 6.18 Å². The quantitative estimate of drug-likeness (QED) is 0.141. The highest BCUT2D eigenvalue weighted by Gasteiger charge is 2.35. The number of aromatic nitrogens is 2. The van der Waals surface area contributed by atoms with Crippen LogP contribution in [0.5, 0.6) is 0 Å². The molecule has 0 saturated carbocycles. The normalized spacial score (nSPS) is 12.0. The Bertz CT molecular complexity index is 2180. The largest absolute Gasteiger partial charge is 0.744 e. The zero-order chi connectivity index (χ0) is 30.7. The van der Waals surface area contributed by atoms with Crippen molar-refractivity contribution < 1.29 is 35.3 Å². The Balaban J connectivity index is 0.00000384. The molecule has 0 bridgehead atoms. The molecular formula is C29H20F4N4O4S3. The lowest BCUT2D eigenvalue weighted by Gasteiger charge is -2.11. The summed E-state index contributed by atoms with van der Waals surface area (Å²) in [6.45, 7) is 1.56. The number of aryl methyl sites for hydroxylation is 1. The number of nitrogens with zero attached hydrogens (tertiary/aromatic N) is 2. The number of anilines is 1. The first-order valence-electron chi connectivity index (χ1n) is 12.3. The number of nitrogens with one attached hydrogen (secondary N) is 1. The molecule has 0 aliphatic carbocycles. The van der Waals surface area contributed by atoms with Gasteiger partial charge in [0.25, 0.3) is 5.91 Å². The Morgan fingerprint density at radius 3 is 2.20 bits per heavy atom. The number of benzene rings is 4. The van der Waals surface area contributed by atoms with Gasteiger partial charge in [0.15, 0.2) is 0 Å². The van der Waals surface area contributed by atoms with Gasteiger partial charge in [-0.2, -0.15) is 13.2 Å². The number of hydrogen-bond acceptors (Lipinski definition) is 8. The van der Waals surface area contributed by atoms with Gasteiger partial charge in [0.05, 0.1) is 36.5 Å². The summed E-state index contributed by atoms with van der Waals surface area (Å²) in [5, 5.41) is 3.60. The predicted molar refractivity (Wildman–Crippen MR) is 162 cm³/mol. The number of amides is 1.